The molecule has 2 aliphatic rings. The SMILES string of the molecule is CC=C(Cl)C=C(F)CC1(N)C(c2cccc(Cl)c2F)C2C(=O)OC(C)(C)N2C1CC(CC)(CC)CC. The lowest BCUT2D eigenvalue weighted by Gasteiger charge is -2.45. The molecule has 2 fully saturated rings. The lowest BCUT2D eigenvalue weighted by atomic mass is 9.67. The number of nitrogens with zero attached hydrogens (tertiary/aromatic N) is 1. The van der Waals surface area contributed by atoms with E-state index in [0.717, 1.165) is 19.3 Å². The van der Waals surface area contributed by atoms with Gasteiger partial charge < -0.3 is 10.5 Å². The zero-order valence-corrected chi connectivity index (χ0v) is 23.5. The molecule has 2 saturated heterocycles. The second-order valence-corrected chi connectivity index (χ2v) is 11.5. The maximum atomic E-state index is 15.5. The third-order valence-corrected chi connectivity index (χ3v) is 9.22. The molecule has 1 aromatic carbocycles. The van der Waals surface area contributed by atoms with E-state index in [1.165, 1.54) is 12.1 Å². The highest BCUT2D eigenvalue weighted by molar-refractivity contribution is 6.31. The number of hydrogen-bond acceptors (Lipinski definition) is 4. The van der Waals surface area contributed by atoms with Crippen LogP contribution in [0.3, 0.4) is 0 Å². The maximum absolute atomic E-state index is 15.5. The topological polar surface area (TPSA) is 55.6 Å². The Morgan fingerprint density at radius 3 is 2.42 bits per heavy atom. The predicted molar refractivity (Wildman–Crippen MR) is 142 cm³/mol. The van der Waals surface area contributed by atoms with Crippen molar-refractivity contribution in [1.29, 1.82) is 0 Å². The van der Waals surface area contributed by atoms with E-state index < -0.39 is 46.9 Å². The molecule has 0 radical (unpaired) electrons. The molecule has 2 N–H and O–H groups in total. The summed E-state index contributed by atoms with van der Waals surface area (Å²) >= 11 is 12.3. The number of halogens is 4. The summed E-state index contributed by atoms with van der Waals surface area (Å²) in [7, 11) is 0. The van der Waals surface area contributed by atoms with Crippen molar-refractivity contribution in [3.05, 3.63) is 57.6 Å². The molecule has 3 rings (SSSR count). The Morgan fingerprint density at radius 2 is 1.86 bits per heavy atom. The summed E-state index contributed by atoms with van der Waals surface area (Å²) in [6.45, 7) is 11.7. The van der Waals surface area contributed by atoms with Crippen molar-refractivity contribution in [2.24, 2.45) is 11.1 Å². The quantitative estimate of drug-likeness (QED) is 0.258. The summed E-state index contributed by atoms with van der Waals surface area (Å²) in [5.41, 5.74) is 5.02. The Hall–Kier alpha value is -1.47. The highest BCUT2D eigenvalue weighted by Crippen LogP contribution is 2.57. The van der Waals surface area contributed by atoms with Gasteiger partial charge in [-0.2, -0.15) is 0 Å². The summed E-state index contributed by atoms with van der Waals surface area (Å²) in [5.74, 6) is -2.56. The highest BCUT2D eigenvalue weighted by atomic mass is 35.5. The number of fused-ring (bicyclic) bond motifs is 1. The number of allylic oxidation sites excluding steroid dienone is 3. The van der Waals surface area contributed by atoms with Crippen LogP contribution in [0.5, 0.6) is 0 Å². The highest BCUT2D eigenvalue weighted by Gasteiger charge is 2.68. The Balaban J connectivity index is 2.30. The first-order valence-electron chi connectivity index (χ1n) is 12.7. The first-order valence-corrected chi connectivity index (χ1v) is 13.5. The molecular weight excluding hydrogens is 505 g/mol. The van der Waals surface area contributed by atoms with Gasteiger partial charge in [0.2, 0.25) is 0 Å². The number of rotatable bonds is 9. The second-order valence-electron chi connectivity index (χ2n) is 10.7. The maximum Gasteiger partial charge on any atom is 0.325 e. The van der Waals surface area contributed by atoms with Crippen molar-refractivity contribution in [3.63, 3.8) is 0 Å². The van der Waals surface area contributed by atoms with Gasteiger partial charge in [-0.05, 0) is 50.3 Å². The van der Waals surface area contributed by atoms with Gasteiger partial charge in [0.05, 0.1) is 5.02 Å². The van der Waals surface area contributed by atoms with Gasteiger partial charge in [-0.15, -0.1) is 0 Å². The van der Waals surface area contributed by atoms with Gasteiger partial charge in [0.15, 0.2) is 5.72 Å². The summed E-state index contributed by atoms with van der Waals surface area (Å²) in [4.78, 5) is 15.3. The van der Waals surface area contributed by atoms with E-state index in [2.05, 4.69) is 20.8 Å². The molecule has 2 aliphatic heterocycles. The molecule has 0 amide bonds. The van der Waals surface area contributed by atoms with E-state index in [4.69, 9.17) is 33.7 Å². The monoisotopic (exact) mass is 542 g/mol. The largest absolute Gasteiger partial charge is 0.443 e. The van der Waals surface area contributed by atoms with Crippen LogP contribution in [-0.4, -0.2) is 34.2 Å². The molecule has 0 aliphatic carbocycles. The lowest BCUT2D eigenvalue weighted by molar-refractivity contribution is -0.152. The van der Waals surface area contributed by atoms with Crippen molar-refractivity contribution in [3.8, 4) is 0 Å². The van der Waals surface area contributed by atoms with Gasteiger partial charge in [-0.25, -0.2) is 13.7 Å². The van der Waals surface area contributed by atoms with Crippen LogP contribution in [0.2, 0.25) is 5.02 Å². The van der Waals surface area contributed by atoms with E-state index in [0.29, 0.717) is 6.42 Å². The summed E-state index contributed by atoms with van der Waals surface area (Å²) in [5, 5.41) is 0.162. The molecule has 0 spiro atoms. The van der Waals surface area contributed by atoms with E-state index >= 15 is 8.78 Å². The average Bonchev–Trinajstić information content (AvgIpc) is 3.20. The predicted octanol–water partition coefficient (Wildman–Crippen LogP) is 7.60. The first-order chi connectivity index (χ1) is 16.8. The smallest absolute Gasteiger partial charge is 0.325 e. The Labute approximate surface area is 223 Å². The fourth-order valence-electron chi connectivity index (χ4n) is 6.34. The minimum absolute atomic E-state index is 0.0755. The molecular formula is C28H38Cl2F2N2O2. The van der Waals surface area contributed by atoms with Crippen molar-refractivity contribution in [2.75, 3.05) is 0 Å². The molecule has 36 heavy (non-hydrogen) atoms. The minimum Gasteiger partial charge on any atom is -0.443 e. The molecule has 4 unspecified atom stereocenters. The number of esters is 1. The lowest BCUT2D eigenvalue weighted by Crippen LogP contribution is -2.59. The molecule has 200 valence electrons. The molecule has 4 nitrogen and oxygen atoms in total. The Bertz CT molecular complexity index is 1050. The zero-order valence-electron chi connectivity index (χ0n) is 22.0. The van der Waals surface area contributed by atoms with Crippen molar-refractivity contribution in [2.45, 2.75) is 103 Å². The van der Waals surface area contributed by atoms with Crippen LogP contribution >= 0.6 is 23.2 Å². The zero-order chi connectivity index (χ0) is 27.1. The van der Waals surface area contributed by atoms with Gasteiger partial charge in [0.1, 0.15) is 17.7 Å². The van der Waals surface area contributed by atoms with Gasteiger partial charge >= 0.3 is 5.97 Å². The van der Waals surface area contributed by atoms with Gasteiger partial charge in [-0.1, -0.05) is 81.4 Å². The average molecular weight is 544 g/mol. The number of carbonyl (C=O) groups is 1. The van der Waals surface area contributed by atoms with E-state index in [1.54, 1.807) is 25.1 Å². The molecule has 0 saturated carbocycles. The van der Waals surface area contributed by atoms with Gasteiger partial charge in [-0.3, -0.25) is 4.79 Å². The summed E-state index contributed by atoms with van der Waals surface area (Å²) in [6.07, 6.45) is 5.87. The van der Waals surface area contributed by atoms with Crippen molar-refractivity contribution >= 4 is 29.2 Å². The van der Waals surface area contributed by atoms with Crippen LogP contribution in [0.15, 0.2) is 41.2 Å². The number of cyclic esters (lactones) is 1. The fourth-order valence-corrected chi connectivity index (χ4v) is 6.64. The van der Waals surface area contributed by atoms with Crippen molar-refractivity contribution in [1.82, 2.24) is 4.90 Å². The molecule has 4 atom stereocenters. The van der Waals surface area contributed by atoms with Crippen LogP contribution in [0.4, 0.5) is 8.78 Å². The normalized spacial score (nSPS) is 29.0. The van der Waals surface area contributed by atoms with Crippen LogP contribution in [0, 0.1) is 11.2 Å². The van der Waals surface area contributed by atoms with Crippen molar-refractivity contribution < 1.29 is 18.3 Å². The van der Waals surface area contributed by atoms with Gasteiger partial charge in [0, 0.05) is 29.0 Å². The van der Waals surface area contributed by atoms with E-state index in [1.807, 2.05) is 18.7 Å². The molecule has 0 aromatic heterocycles. The number of benzene rings is 1. The number of ether oxygens (including phenoxy) is 1. The Kier molecular flexibility index (Phi) is 8.66. The van der Waals surface area contributed by atoms with Crippen LogP contribution < -0.4 is 5.73 Å². The standard InChI is InChI=1S/C28H38Cl2F2N2O2/c1-7-17(29)14-18(31)15-28(33)21(16-27(8-2,9-3)10-4)34-24(25(35)36-26(34,5)6)22(28)19-12-11-13-20(30)23(19)32/h7,11-14,21-22,24H,8-10,15-16,33H2,1-6H3. The molecule has 8 heteroatoms. The summed E-state index contributed by atoms with van der Waals surface area (Å²) in [6, 6.07) is 3.30. The third kappa shape index (κ3) is 4.99. The summed E-state index contributed by atoms with van der Waals surface area (Å²) < 4.78 is 36.9. The number of hydrogen-bond donors (Lipinski definition) is 1. The fraction of sp³-hybridized carbons (Fsp3) is 0.607. The number of nitrogens with two attached hydrogens (primary N) is 1. The molecule has 1 aromatic rings. The van der Waals surface area contributed by atoms with Crippen LogP contribution in [0.25, 0.3) is 0 Å². The second kappa shape index (κ2) is 10.7. The number of carbonyl (C=O) groups excluding carboxylic acids is 1. The third-order valence-electron chi connectivity index (χ3n) is 8.60. The van der Waals surface area contributed by atoms with E-state index in [9.17, 15) is 4.79 Å². The van der Waals surface area contributed by atoms with Gasteiger partial charge in [0.25, 0.3) is 0 Å². The first kappa shape index (κ1) is 29.1. The minimum atomic E-state index is -1.34. The molecule has 2 heterocycles. The molecule has 0 bridgehead atoms. The Morgan fingerprint density at radius 1 is 1.25 bits per heavy atom. The van der Waals surface area contributed by atoms with E-state index in [-0.39, 0.29) is 27.5 Å². The van der Waals surface area contributed by atoms with Crippen LogP contribution in [0.1, 0.15) is 85.1 Å². The van der Waals surface area contributed by atoms with Crippen LogP contribution in [-0.2, 0) is 9.53 Å².